The second-order valence-electron chi connectivity index (χ2n) is 5.40. The Morgan fingerprint density at radius 1 is 1.32 bits per heavy atom. The predicted molar refractivity (Wildman–Crippen MR) is 78.6 cm³/mol. The van der Waals surface area contributed by atoms with Crippen LogP contribution in [0.5, 0.6) is 0 Å². The molecule has 0 spiro atoms. The zero-order valence-corrected chi connectivity index (χ0v) is 12.4. The molecule has 1 unspecified atom stereocenters. The van der Waals surface area contributed by atoms with Crippen molar-refractivity contribution < 1.29 is 0 Å². The van der Waals surface area contributed by atoms with Crippen LogP contribution in [-0.4, -0.2) is 64.9 Å². The average molecular weight is 286 g/mol. The fourth-order valence-electron chi connectivity index (χ4n) is 3.02. The number of nitrogens with zero attached hydrogens (tertiary/aromatic N) is 4. The van der Waals surface area contributed by atoms with Crippen LogP contribution in [0.1, 0.15) is 12.1 Å². The smallest absolute Gasteiger partial charge is 0.0521 e. The van der Waals surface area contributed by atoms with E-state index in [0.717, 1.165) is 12.6 Å². The number of halogens is 1. The number of hydrogen-bond donors (Lipinski definition) is 1. The molecule has 108 valence electrons. The van der Waals surface area contributed by atoms with E-state index in [1.165, 1.54) is 51.4 Å². The number of rotatable bonds is 3. The highest BCUT2D eigenvalue weighted by atomic mass is 35.5. The molecule has 0 aliphatic carbocycles. The SMILES string of the molecule is Cl.Cn1nccc1CN1CCN(C2CCNC2)CC1. The summed E-state index contributed by atoms with van der Waals surface area (Å²) in [4.78, 5) is 5.19. The molecule has 1 aromatic heterocycles. The molecular weight excluding hydrogens is 262 g/mol. The van der Waals surface area contributed by atoms with Gasteiger partial charge in [0.05, 0.1) is 5.69 Å². The lowest BCUT2D eigenvalue weighted by atomic mass is 10.2. The molecule has 19 heavy (non-hydrogen) atoms. The van der Waals surface area contributed by atoms with E-state index in [0.29, 0.717) is 0 Å². The molecule has 1 N–H and O–H groups in total. The van der Waals surface area contributed by atoms with Crippen molar-refractivity contribution in [2.75, 3.05) is 39.3 Å². The number of nitrogens with one attached hydrogen (secondary N) is 1. The number of hydrogen-bond acceptors (Lipinski definition) is 4. The van der Waals surface area contributed by atoms with Gasteiger partial charge in [-0.05, 0) is 19.0 Å². The first-order chi connectivity index (χ1) is 8.83. The van der Waals surface area contributed by atoms with Crippen LogP contribution in [0.15, 0.2) is 12.3 Å². The molecule has 0 bridgehead atoms. The van der Waals surface area contributed by atoms with E-state index in [4.69, 9.17) is 0 Å². The second-order valence-corrected chi connectivity index (χ2v) is 5.40. The minimum atomic E-state index is 0. The lowest BCUT2D eigenvalue weighted by Gasteiger charge is -2.37. The molecule has 3 heterocycles. The molecule has 1 atom stereocenters. The number of aryl methyl sites for hydroxylation is 1. The summed E-state index contributed by atoms with van der Waals surface area (Å²) in [7, 11) is 2.02. The Hall–Kier alpha value is -0.620. The zero-order valence-electron chi connectivity index (χ0n) is 11.6. The van der Waals surface area contributed by atoms with Crippen LogP contribution in [0.4, 0.5) is 0 Å². The highest BCUT2D eigenvalue weighted by Gasteiger charge is 2.26. The Labute approximate surface area is 121 Å². The molecule has 0 radical (unpaired) electrons. The predicted octanol–water partition coefficient (Wildman–Crippen LogP) is 0.321. The maximum absolute atomic E-state index is 4.23. The van der Waals surface area contributed by atoms with Crippen molar-refractivity contribution in [1.29, 1.82) is 0 Å². The van der Waals surface area contributed by atoms with Crippen LogP contribution in [0, 0.1) is 0 Å². The molecule has 2 aliphatic heterocycles. The largest absolute Gasteiger partial charge is 0.315 e. The van der Waals surface area contributed by atoms with Crippen molar-refractivity contribution in [2.24, 2.45) is 7.05 Å². The maximum atomic E-state index is 4.23. The van der Waals surface area contributed by atoms with Crippen LogP contribution in [0.2, 0.25) is 0 Å². The second kappa shape index (κ2) is 6.70. The molecule has 2 saturated heterocycles. The third-order valence-corrected chi connectivity index (χ3v) is 4.27. The first-order valence-corrected chi connectivity index (χ1v) is 6.97. The normalized spacial score (nSPS) is 25.4. The van der Waals surface area contributed by atoms with Gasteiger partial charge in [-0.15, -0.1) is 12.4 Å². The van der Waals surface area contributed by atoms with E-state index >= 15 is 0 Å². The molecule has 0 amide bonds. The van der Waals surface area contributed by atoms with Gasteiger partial charge in [0, 0.05) is 58.6 Å². The van der Waals surface area contributed by atoms with Gasteiger partial charge in [-0.25, -0.2) is 0 Å². The fraction of sp³-hybridized carbons (Fsp3) is 0.769. The van der Waals surface area contributed by atoms with Crippen LogP contribution in [0.3, 0.4) is 0 Å². The third-order valence-electron chi connectivity index (χ3n) is 4.27. The maximum Gasteiger partial charge on any atom is 0.0521 e. The summed E-state index contributed by atoms with van der Waals surface area (Å²) < 4.78 is 1.98. The summed E-state index contributed by atoms with van der Waals surface area (Å²) in [6, 6.07) is 2.90. The molecule has 1 aromatic rings. The molecule has 3 rings (SSSR count). The standard InChI is InChI=1S/C13H23N5.ClH/c1-16-13(3-5-15-16)11-17-6-8-18(9-7-17)12-2-4-14-10-12;/h3,5,12,14H,2,4,6-11H2,1H3;1H. The van der Waals surface area contributed by atoms with Gasteiger partial charge in [0.1, 0.15) is 0 Å². The Morgan fingerprint density at radius 2 is 2.11 bits per heavy atom. The highest BCUT2D eigenvalue weighted by molar-refractivity contribution is 5.85. The van der Waals surface area contributed by atoms with Crippen molar-refractivity contribution in [1.82, 2.24) is 24.9 Å². The third kappa shape index (κ3) is 3.48. The monoisotopic (exact) mass is 285 g/mol. The van der Waals surface area contributed by atoms with Gasteiger partial charge in [-0.2, -0.15) is 5.10 Å². The van der Waals surface area contributed by atoms with Gasteiger partial charge < -0.3 is 5.32 Å². The summed E-state index contributed by atoms with van der Waals surface area (Å²) in [5, 5.41) is 7.69. The Morgan fingerprint density at radius 3 is 2.68 bits per heavy atom. The highest BCUT2D eigenvalue weighted by Crippen LogP contribution is 2.13. The van der Waals surface area contributed by atoms with Crippen LogP contribution < -0.4 is 5.32 Å². The summed E-state index contributed by atoms with van der Waals surface area (Å²) >= 11 is 0. The molecule has 0 saturated carbocycles. The summed E-state index contributed by atoms with van der Waals surface area (Å²) in [6.45, 7) is 8.20. The minimum absolute atomic E-state index is 0. The topological polar surface area (TPSA) is 36.3 Å². The fourth-order valence-corrected chi connectivity index (χ4v) is 3.02. The van der Waals surface area contributed by atoms with Crippen molar-refractivity contribution in [3.63, 3.8) is 0 Å². The van der Waals surface area contributed by atoms with E-state index < -0.39 is 0 Å². The van der Waals surface area contributed by atoms with Crippen LogP contribution >= 0.6 is 12.4 Å². The van der Waals surface area contributed by atoms with Gasteiger partial charge in [0.2, 0.25) is 0 Å². The lowest BCUT2D eigenvalue weighted by molar-refractivity contribution is 0.0966. The lowest BCUT2D eigenvalue weighted by Crippen LogP contribution is -2.50. The molecule has 5 nitrogen and oxygen atoms in total. The van der Waals surface area contributed by atoms with E-state index in [-0.39, 0.29) is 12.4 Å². The molecule has 2 fully saturated rings. The van der Waals surface area contributed by atoms with Gasteiger partial charge in [0.15, 0.2) is 0 Å². The van der Waals surface area contributed by atoms with E-state index in [2.05, 4.69) is 26.3 Å². The Bertz CT molecular complexity index is 380. The molecular formula is C13H24ClN5. The van der Waals surface area contributed by atoms with Crippen molar-refractivity contribution in [2.45, 2.75) is 19.0 Å². The first-order valence-electron chi connectivity index (χ1n) is 6.97. The van der Waals surface area contributed by atoms with Crippen molar-refractivity contribution in [3.8, 4) is 0 Å². The molecule has 2 aliphatic rings. The van der Waals surface area contributed by atoms with Gasteiger partial charge in [0.25, 0.3) is 0 Å². The quantitative estimate of drug-likeness (QED) is 0.868. The van der Waals surface area contributed by atoms with Gasteiger partial charge in [-0.3, -0.25) is 14.5 Å². The molecule has 6 heteroatoms. The minimum Gasteiger partial charge on any atom is -0.315 e. The van der Waals surface area contributed by atoms with Gasteiger partial charge >= 0.3 is 0 Å². The van der Waals surface area contributed by atoms with E-state index in [9.17, 15) is 0 Å². The van der Waals surface area contributed by atoms with E-state index in [1.54, 1.807) is 0 Å². The first kappa shape index (κ1) is 14.8. The summed E-state index contributed by atoms with van der Waals surface area (Å²) in [5.74, 6) is 0. The van der Waals surface area contributed by atoms with Crippen molar-refractivity contribution >= 4 is 12.4 Å². The number of aromatic nitrogens is 2. The van der Waals surface area contributed by atoms with Crippen LogP contribution in [0.25, 0.3) is 0 Å². The Balaban J connectivity index is 0.00000133. The van der Waals surface area contributed by atoms with Gasteiger partial charge in [-0.1, -0.05) is 0 Å². The van der Waals surface area contributed by atoms with Crippen LogP contribution in [-0.2, 0) is 13.6 Å². The average Bonchev–Trinajstić information content (AvgIpc) is 3.03. The number of piperazine rings is 1. The Kier molecular flexibility index (Phi) is 5.21. The zero-order chi connectivity index (χ0) is 12.4. The summed E-state index contributed by atoms with van der Waals surface area (Å²) in [5.41, 5.74) is 1.31. The molecule has 0 aromatic carbocycles. The summed E-state index contributed by atoms with van der Waals surface area (Å²) in [6.07, 6.45) is 3.21. The van der Waals surface area contributed by atoms with Crippen molar-refractivity contribution in [3.05, 3.63) is 18.0 Å². The van der Waals surface area contributed by atoms with E-state index in [1.807, 2.05) is 17.9 Å².